The number of hydrogen-bond acceptors (Lipinski definition) is 4. The van der Waals surface area contributed by atoms with Crippen molar-refractivity contribution >= 4 is 5.69 Å². The predicted octanol–water partition coefficient (Wildman–Crippen LogP) is 0.114. The van der Waals surface area contributed by atoms with Crippen LogP contribution in [-0.2, 0) is 13.0 Å². The summed E-state index contributed by atoms with van der Waals surface area (Å²) in [7, 11) is 0. The first kappa shape index (κ1) is 7.94. The van der Waals surface area contributed by atoms with Crippen molar-refractivity contribution in [1.29, 1.82) is 0 Å². The SMILES string of the molecule is CCc1ncc(N)c(CO)n1. The summed E-state index contributed by atoms with van der Waals surface area (Å²) in [6.07, 6.45) is 2.28. The van der Waals surface area contributed by atoms with Crippen LogP contribution < -0.4 is 5.73 Å². The third-order valence-corrected chi connectivity index (χ3v) is 1.42. The van der Waals surface area contributed by atoms with Crippen LogP contribution in [0.25, 0.3) is 0 Å². The number of rotatable bonds is 2. The normalized spacial score (nSPS) is 10.0. The highest BCUT2D eigenvalue weighted by atomic mass is 16.3. The topological polar surface area (TPSA) is 72.0 Å². The zero-order valence-electron chi connectivity index (χ0n) is 6.41. The third kappa shape index (κ3) is 1.65. The summed E-state index contributed by atoms with van der Waals surface area (Å²) in [5.41, 5.74) is 6.43. The lowest BCUT2D eigenvalue weighted by molar-refractivity contribution is 0.277. The number of aromatic nitrogens is 2. The number of nitrogens with two attached hydrogens (primary N) is 1. The van der Waals surface area contributed by atoms with Crippen LogP contribution in [0, 0.1) is 0 Å². The fourth-order valence-corrected chi connectivity index (χ4v) is 0.765. The Labute approximate surface area is 65.1 Å². The van der Waals surface area contributed by atoms with Gasteiger partial charge in [0, 0.05) is 6.42 Å². The molecule has 1 aromatic heterocycles. The van der Waals surface area contributed by atoms with E-state index in [-0.39, 0.29) is 6.61 Å². The lowest BCUT2D eigenvalue weighted by atomic mass is 10.3. The van der Waals surface area contributed by atoms with E-state index in [1.165, 1.54) is 6.20 Å². The number of nitrogen functional groups attached to an aromatic ring is 1. The summed E-state index contributed by atoms with van der Waals surface area (Å²) < 4.78 is 0. The summed E-state index contributed by atoms with van der Waals surface area (Å²) >= 11 is 0. The number of aliphatic hydroxyl groups is 1. The minimum atomic E-state index is -0.124. The molecule has 0 spiro atoms. The Balaban J connectivity index is 3.02. The first-order chi connectivity index (χ1) is 5.27. The molecular formula is C7H11N3O. The van der Waals surface area contributed by atoms with Crippen LogP contribution in [-0.4, -0.2) is 15.1 Å². The van der Waals surface area contributed by atoms with Crippen LogP contribution in [0.3, 0.4) is 0 Å². The van der Waals surface area contributed by atoms with Gasteiger partial charge in [-0.25, -0.2) is 9.97 Å². The van der Waals surface area contributed by atoms with Crippen molar-refractivity contribution in [2.24, 2.45) is 0 Å². The molecule has 1 heterocycles. The van der Waals surface area contributed by atoms with Gasteiger partial charge in [-0.3, -0.25) is 0 Å². The fourth-order valence-electron chi connectivity index (χ4n) is 0.765. The second-order valence-corrected chi connectivity index (χ2v) is 2.20. The molecule has 3 N–H and O–H groups in total. The van der Waals surface area contributed by atoms with Gasteiger partial charge in [0.2, 0.25) is 0 Å². The molecule has 1 rings (SSSR count). The van der Waals surface area contributed by atoms with E-state index in [4.69, 9.17) is 10.8 Å². The van der Waals surface area contributed by atoms with Crippen LogP contribution in [0.2, 0.25) is 0 Å². The maximum atomic E-state index is 8.77. The third-order valence-electron chi connectivity index (χ3n) is 1.42. The first-order valence-corrected chi connectivity index (χ1v) is 3.49. The number of hydrogen-bond donors (Lipinski definition) is 2. The molecule has 4 nitrogen and oxygen atoms in total. The van der Waals surface area contributed by atoms with Crippen LogP contribution in [0.1, 0.15) is 18.4 Å². The Morgan fingerprint density at radius 1 is 1.64 bits per heavy atom. The maximum Gasteiger partial charge on any atom is 0.128 e. The van der Waals surface area contributed by atoms with E-state index < -0.39 is 0 Å². The standard InChI is InChI=1S/C7H11N3O/c1-2-7-9-3-5(8)6(4-11)10-7/h3,11H,2,4,8H2,1H3. The molecule has 0 aliphatic carbocycles. The van der Waals surface area contributed by atoms with Crippen molar-refractivity contribution < 1.29 is 5.11 Å². The lowest BCUT2D eigenvalue weighted by Gasteiger charge is -2.01. The summed E-state index contributed by atoms with van der Waals surface area (Å²) in [6, 6.07) is 0. The van der Waals surface area contributed by atoms with Gasteiger partial charge in [-0.1, -0.05) is 6.92 Å². The quantitative estimate of drug-likeness (QED) is 0.632. The van der Waals surface area contributed by atoms with Crippen LogP contribution in [0.4, 0.5) is 5.69 Å². The Hall–Kier alpha value is -1.16. The average molecular weight is 153 g/mol. The Bertz CT molecular complexity index is 249. The summed E-state index contributed by atoms with van der Waals surface area (Å²) in [5, 5.41) is 8.77. The predicted molar refractivity (Wildman–Crippen MR) is 41.7 cm³/mol. The second-order valence-electron chi connectivity index (χ2n) is 2.20. The largest absolute Gasteiger partial charge is 0.396 e. The Morgan fingerprint density at radius 2 is 2.36 bits per heavy atom. The second kappa shape index (κ2) is 3.30. The average Bonchev–Trinajstić information content (AvgIpc) is 2.05. The highest BCUT2D eigenvalue weighted by Crippen LogP contribution is 2.06. The molecule has 11 heavy (non-hydrogen) atoms. The molecule has 0 saturated heterocycles. The molecule has 0 aromatic carbocycles. The zero-order chi connectivity index (χ0) is 8.27. The van der Waals surface area contributed by atoms with Crippen LogP contribution >= 0.6 is 0 Å². The number of nitrogens with zero attached hydrogens (tertiary/aromatic N) is 2. The molecular weight excluding hydrogens is 142 g/mol. The molecule has 0 bridgehead atoms. The van der Waals surface area contributed by atoms with Gasteiger partial charge in [-0.15, -0.1) is 0 Å². The fraction of sp³-hybridized carbons (Fsp3) is 0.429. The van der Waals surface area contributed by atoms with E-state index in [9.17, 15) is 0 Å². The van der Waals surface area contributed by atoms with Crippen molar-refractivity contribution in [3.8, 4) is 0 Å². The molecule has 0 aliphatic rings. The van der Waals surface area contributed by atoms with E-state index >= 15 is 0 Å². The van der Waals surface area contributed by atoms with Crippen LogP contribution in [0.15, 0.2) is 6.20 Å². The smallest absolute Gasteiger partial charge is 0.128 e. The molecule has 0 fully saturated rings. The van der Waals surface area contributed by atoms with Gasteiger partial charge in [0.1, 0.15) is 5.82 Å². The summed E-state index contributed by atoms with van der Waals surface area (Å²) in [4.78, 5) is 7.98. The van der Waals surface area contributed by atoms with Gasteiger partial charge < -0.3 is 10.8 Å². The molecule has 4 heteroatoms. The highest BCUT2D eigenvalue weighted by Gasteiger charge is 2.00. The van der Waals surface area contributed by atoms with Crippen molar-refractivity contribution in [3.63, 3.8) is 0 Å². The van der Waals surface area contributed by atoms with Gasteiger partial charge in [0.25, 0.3) is 0 Å². The monoisotopic (exact) mass is 153 g/mol. The lowest BCUT2D eigenvalue weighted by Crippen LogP contribution is -2.02. The molecule has 0 radical (unpaired) electrons. The van der Waals surface area contributed by atoms with Crippen molar-refractivity contribution in [2.75, 3.05) is 5.73 Å². The van der Waals surface area contributed by atoms with Crippen LogP contribution in [0.5, 0.6) is 0 Å². The van der Waals surface area contributed by atoms with Gasteiger partial charge in [0.15, 0.2) is 0 Å². The van der Waals surface area contributed by atoms with Gasteiger partial charge in [0.05, 0.1) is 24.2 Å². The number of aryl methyl sites for hydroxylation is 1. The Kier molecular flexibility index (Phi) is 2.38. The molecule has 0 unspecified atom stereocenters. The molecule has 0 atom stereocenters. The molecule has 0 saturated carbocycles. The van der Waals surface area contributed by atoms with Gasteiger partial charge >= 0.3 is 0 Å². The molecule has 60 valence electrons. The molecule has 0 aliphatic heterocycles. The summed E-state index contributed by atoms with van der Waals surface area (Å²) in [6.45, 7) is 1.83. The van der Waals surface area contributed by atoms with E-state index in [2.05, 4.69) is 9.97 Å². The number of aliphatic hydroxyl groups excluding tert-OH is 1. The van der Waals surface area contributed by atoms with Crippen molar-refractivity contribution in [3.05, 3.63) is 17.7 Å². The number of anilines is 1. The minimum Gasteiger partial charge on any atom is -0.396 e. The Morgan fingerprint density at radius 3 is 2.91 bits per heavy atom. The van der Waals surface area contributed by atoms with Gasteiger partial charge in [-0.05, 0) is 0 Å². The highest BCUT2D eigenvalue weighted by molar-refractivity contribution is 5.39. The summed E-state index contributed by atoms with van der Waals surface area (Å²) in [5.74, 6) is 0.711. The zero-order valence-corrected chi connectivity index (χ0v) is 6.41. The van der Waals surface area contributed by atoms with Crippen molar-refractivity contribution in [2.45, 2.75) is 20.0 Å². The molecule has 0 amide bonds. The van der Waals surface area contributed by atoms with E-state index in [1.54, 1.807) is 0 Å². The first-order valence-electron chi connectivity index (χ1n) is 3.49. The van der Waals surface area contributed by atoms with E-state index in [0.29, 0.717) is 17.2 Å². The maximum absolute atomic E-state index is 8.77. The van der Waals surface area contributed by atoms with E-state index in [1.807, 2.05) is 6.92 Å². The minimum absolute atomic E-state index is 0.124. The van der Waals surface area contributed by atoms with E-state index in [0.717, 1.165) is 6.42 Å². The molecule has 1 aromatic rings. The van der Waals surface area contributed by atoms with Crippen molar-refractivity contribution in [1.82, 2.24) is 9.97 Å². The van der Waals surface area contributed by atoms with Gasteiger partial charge in [-0.2, -0.15) is 0 Å².